The Morgan fingerprint density at radius 2 is 1.67 bits per heavy atom. The van der Waals surface area contributed by atoms with E-state index in [4.69, 9.17) is 14.0 Å². The summed E-state index contributed by atoms with van der Waals surface area (Å²) in [5, 5.41) is 0. The fourth-order valence-corrected chi connectivity index (χ4v) is 3.98. The summed E-state index contributed by atoms with van der Waals surface area (Å²) in [5.74, 6) is 0.424. The molecule has 0 unspecified atom stereocenters. The minimum atomic E-state index is -4.11. The van der Waals surface area contributed by atoms with Gasteiger partial charge in [0.25, 0.3) is 0 Å². The topological polar surface area (TPSA) is 30.9 Å². The molecular weight excluding hydrogens is 394 g/mol. The normalized spacial score (nSPS) is 22.6. The number of ether oxygens (including phenoxy) is 1. The summed E-state index contributed by atoms with van der Waals surface area (Å²) in [4.78, 5) is 1.50. The Hall–Kier alpha value is -1.09. The van der Waals surface area contributed by atoms with Crippen LogP contribution in [0.25, 0.3) is 0 Å². The van der Waals surface area contributed by atoms with Gasteiger partial charge in [-0.15, -0.1) is 0 Å². The van der Waals surface area contributed by atoms with Gasteiger partial charge in [0.2, 0.25) is 0 Å². The van der Waals surface area contributed by atoms with Gasteiger partial charge in [0.15, 0.2) is 0 Å². The van der Waals surface area contributed by atoms with Crippen molar-refractivity contribution in [3.63, 3.8) is 0 Å². The van der Waals surface area contributed by atoms with Gasteiger partial charge < -0.3 is 14.0 Å². The van der Waals surface area contributed by atoms with E-state index in [-0.39, 0.29) is 0 Å². The minimum Gasteiger partial charge on any atom is -0.399 e. The Balaban J connectivity index is 1.45. The van der Waals surface area contributed by atoms with Crippen molar-refractivity contribution in [2.45, 2.75) is 70.9 Å². The van der Waals surface area contributed by atoms with Gasteiger partial charge in [0, 0.05) is 6.61 Å². The molecule has 30 heavy (non-hydrogen) atoms. The maximum Gasteiger partial charge on any atom is 0.495 e. The number of piperidine rings is 1. The van der Waals surface area contributed by atoms with Crippen molar-refractivity contribution in [2.24, 2.45) is 5.92 Å². The highest BCUT2D eigenvalue weighted by atomic mass is 19.4. The van der Waals surface area contributed by atoms with Crippen LogP contribution in [-0.2, 0) is 20.7 Å². The van der Waals surface area contributed by atoms with E-state index in [1.807, 2.05) is 52.0 Å². The molecule has 0 spiro atoms. The van der Waals surface area contributed by atoms with Crippen LogP contribution in [0.2, 0.25) is 0 Å². The standard InChI is InChI=1S/C22H33BF3NO3/c1-20(2)21(3,4)30-23(29-20)19-8-6-5-7-18(19)15-28-14-11-17-9-12-27(13-10-17)16-22(24,25)26/h5-8,17H,9-16H2,1-4H3. The van der Waals surface area contributed by atoms with E-state index in [0.717, 1.165) is 30.3 Å². The summed E-state index contributed by atoms with van der Waals surface area (Å²) in [6, 6.07) is 7.98. The molecule has 0 saturated carbocycles. The van der Waals surface area contributed by atoms with E-state index in [2.05, 4.69) is 0 Å². The second-order valence-electron chi connectivity index (χ2n) is 9.46. The predicted octanol–water partition coefficient (Wildman–Crippen LogP) is 4.17. The molecule has 1 aromatic rings. The molecule has 0 amide bonds. The maximum atomic E-state index is 12.5. The maximum absolute atomic E-state index is 12.5. The quantitative estimate of drug-likeness (QED) is 0.483. The SMILES string of the molecule is CC1(C)OB(c2ccccc2COCCC2CCN(CC(F)(F)F)CC2)OC1(C)C. The Morgan fingerprint density at radius 1 is 1.07 bits per heavy atom. The van der Waals surface area contributed by atoms with Crippen LogP contribution in [-0.4, -0.2) is 55.6 Å². The first-order chi connectivity index (χ1) is 14.0. The number of hydrogen-bond donors (Lipinski definition) is 0. The van der Waals surface area contributed by atoms with Crippen LogP contribution < -0.4 is 5.46 Å². The first kappa shape index (κ1) is 23.6. The van der Waals surface area contributed by atoms with Crippen LogP contribution in [0.3, 0.4) is 0 Å². The van der Waals surface area contributed by atoms with Crippen molar-refractivity contribution in [1.29, 1.82) is 0 Å². The van der Waals surface area contributed by atoms with E-state index in [9.17, 15) is 13.2 Å². The molecule has 0 aliphatic carbocycles. The molecule has 0 aromatic heterocycles. The number of hydrogen-bond acceptors (Lipinski definition) is 4. The fraction of sp³-hybridized carbons (Fsp3) is 0.727. The Labute approximate surface area is 178 Å². The Kier molecular flexibility index (Phi) is 7.22. The zero-order valence-electron chi connectivity index (χ0n) is 18.4. The zero-order chi connectivity index (χ0) is 22.0. The third kappa shape index (κ3) is 5.99. The number of nitrogens with zero attached hydrogens (tertiary/aromatic N) is 1. The van der Waals surface area contributed by atoms with E-state index in [1.54, 1.807) is 0 Å². The molecule has 2 heterocycles. The van der Waals surface area contributed by atoms with Crippen LogP contribution in [0.1, 0.15) is 52.5 Å². The lowest BCUT2D eigenvalue weighted by atomic mass is 9.76. The summed E-state index contributed by atoms with van der Waals surface area (Å²) in [5.41, 5.74) is 1.23. The van der Waals surface area contributed by atoms with Crippen LogP contribution in [0.4, 0.5) is 13.2 Å². The van der Waals surface area contributed by atoms with Crippen LogP contribution in [0.5, 0.6) is 0 Å². The van der Waals surface area contributed by atoms with Gasteiger partial charge in [-0.1, -0.05) is 24.3 Å². The average molecular weight is 427 g/mol. The van der Waals surface area contributed by atoms with Crippen molar-refractivity contribution >= 4 is 12.6 Å². The molecule has 8 heteroatoms. The lowest BCUT2D eigenvalue weighted by Crippen LogP contribution is -2.41. The molecule has 1 aromatic carbocycles. The average Bonchev–Trinajstić information content (AvgIpc) is 2.86. The molecular formula is C22H33BF3NO3. The van der Waals surface area contributed by atoms with Crippen molar-refractivity contribution < 1.29 is 27.2 Å². The molecule has 0 radical (unpaired) electrons. The molecule has 3 rings (SSSR count). The molecule has 2 aliphatic heterocycles. The summed E-state index contributed by atoms with van der Waals surface area (Å²) in [6.45, 7) is 9.42. The predicted molar refractivity (Wildman–Crippen MR) is 112 cm³/mol. The van der Waals surface area contributed by atoms with Crippen LogP contribution in [0, 0.1) is 5.92 Å². The van der Waals surface area contributed by atoms with Crippen LogP contribution >= 0.6 is 0 Å². The summed E-state index contributed by atoms with van der Waals surface area (Å²) < 4.78 is 55.8. The van der Waals surface area contributed by atoms with Crippen molar-refractivity contribution in [2.75, 3.05) is 26.2 Å². The van der Waals surface area contributed by atoms with Crippen molar-refractivity contribution in [3.05, 3.63) is 29.8 Å². The summed E-state index contributed by atoms with van der Waals surface area (Å²) >= 11 is 0. The molecule has 0 N–H and O–H groups in total. The molecule has 0 bridgehead atoms. The molecule has 2 aliphatic rings. The third-order valence-corrected chi connectivity index (χ3v) is 6.60. The van der Waals surface area contributed by atoms with Crippen LogP contribution in [0.15, 0.2) is 24.3 Å². The third-order valence-electron chi connectivity index (χ3n) is 6.60. The molecule has 168 valence electrons. The summed E-state index contributed by atoms with van der Waals surface area (Å²) in [6.07, 6.45) is -1.65. The second kappa shape index (κ2) is 9.19. The number of alkyl halides is 3. The Morgan fingerprint density at radius 3 is 2.27 bits per heavy atom. The molecule has 2 saturated heterocycles. The molecule has 0 atom stereocenters. The Bertz CT molecular complexity index is 687. The number of benzene rings is 1. The fourth-order valence-electron chi connectivity index (χ4n) is 3.98. The highest BCUT2D eigenvalue weighted by Crippen LogP contribution is 2.36. The van der Waals surface area contributed by atoms with Gasteiger partial charge in [-0.2, -0.15) is 13.2 Å². The highest BCUT2D eigenvalue weighted by molar-refractivity contribution is 6.62. The highest BCUT2D eigenvalue weighted by Gasteiger charge is 2.52. The minimum absolute atomic E-state index is 0.396. The first-order valence-electron chi connectivity index (χ1n) is 10.8. The van der Waals surface area contributed by atoms with E-state index in [1.165, 1.54) is 4.90 Å². The van der Waals surface area contributed by atoms with Gasteiger partial charge in [-0.05, 0) is 77.0 Å². The van der Waals surface area contributed by atoms with Gasteiger partial charge in [-0.3, -0.25) is 4.90 Å². The molecule has 4 nitrogen and oxygen atoms in total. The number of likely N-dealkylation sites (tertiary alicyclic amines) is 1. The van der Waals surface area contributed by atoms with Crippen molar-refractivity contribution in [3.8, 4) is 0 Å². The smallest absolute Gasteiger partial charge is 0.399 e. The lowest BCUT2D eigenvalue weighted by molar-refractivity contribution is -0.148. The monoisotopic (exact) mass is 427 g/mol. The second-order valence-corrected chi connectivity index (χ2v) is 9.46. The summed E-state index contributed by atoms with van der Waals surface area (Å²) in [7, 11) is -0.423. The van der Waals surface area contributed by atoms with E-state index < -0.39 is 31.0 Å². The number of rotatable bonds is 7. The number of halogens is 3. The van der Waals surface area contributed by atoms with Crippen molar-refractivity contribution in [1.82, 2.24) is 4.90 Å². The van der Waals surface area contributed by atoms with Gasteiger partial charge in [0.1, 0.15) is 0 Å². The van der Waals surface area contributed by atoms with Gasteiger partial charge in [0.05, 0.1) is 24.4 Å². The van der Waals surface area contributed by atoms with E-state index >= 15 is 0 Å². The van der Waals surface area contributed by atoms with E-state index in [0.29, 0.717) is 32.2 Å². The largest absolute Gasteiger partial charge is 0.495 e. The zero-order valence-corrected chi connectivity index (χ0v) is 18.4. The molecule has 2 fully saturated rings. The van der Waals surface area contributed by atoms with Gasteiger partial charge in [-0.25, -0.2) is 0 Å². The van der Waals surface area contributed by atoms with Gasteiger partial charge >= 0.3 is 13.3 Å². The lowest BCUT2D eigenvalue weighted by Gasteiger charge is -2.32. The first-order valence-corrected chi connectivity index (χ1v) is 10.8.